The van der Waals surface area contributed by atoms with Crippen LogP contribution in [0.4, 0.5) is 158 Å². The Morgan fingerprint density at radius 2 is 0.467 bits per heavy atom. The largest absolute Gasteiger partial charge is 0.460 e. The Kier molecular flexibility index (Phi) is 15.1. The summed E-state index contributed by atoms with van der Waals surface area (Å²) in [7, 11) is 0. The van der Waals surface area contributed by atoms with Crippen LogP contribution in [0, 0.1) is 0 Å². The van der Waals surface area contributed by atoms with Crippen molar-refractivity contribution in [1.29, 1.82) is 0 Å². The zero-order valence-corrected chi connectivity index (χ0v) is 41.8. The Hall–Kier alpha value is -7.74. The molecule has 0 aliphatic carbocycles. The molecule has 8 rings (SSSR count). The normalized spacial score (nSPS) is 15.1. The lowest BCUT2D eigenvalue weighted by Gasteiger charge is -2.33. The van der Waals surface area contributed by atoms with Crippen molar-refractivity contribution in [3.63, 3.8) is 0 Å². The van der Waals surface area contributed by atoms with E-state index in [0.29, 0.717) is 9.13 Å². The van der Waals surface area contributed by atoms with E-state index in [1.54, 1.807) is 0 Å². The van der Waals surface area contributed by atoms with E-state index in [0.717, 1.165) is 36.4 Å². The third kappa shape index (κ3) is 9.35. The Balaban J connectivity index is 1.36. The lowest BCUT2D eigenvalue weighted by molar-refractivity contribution is -0.399. The van der Waals surface area contributed by atoms with E-state index in [1.165, 1.54) is 0 Å². The molecule has 490 valence electrons. The number of aromatic nitrogens is 4. The maximum absolute atomic E-state index is 15.5. The first-order valence-electron chi connectivity index (χ1n) is 23.2. The molecule has 4 aromatic carbocycles. The van der Waals surface area contributed by atoms with E-state index < -0.39 is 186 Å². The van der Waals surface area contributed by atoms with Crippen LogP contribution in [0.25, 0.3) is 66.4 Å². The number of hydrogen-bond donors (Lipinski definition) is 0. The molecule has 0 saturated carbocycles. The fourth-order valence-electron chi connectivity index (χ4n) is 8.89. The lowest BCUT2D eigenvalue weighted by atomic mass is 9.96. The van der Waals surface area contributed by atoms with E-state index in [2.05, 4.69) is 9.97 Å². The zero-order chi connectivity index (χ0) is 68.5. The number of benzene rings is 4. The molecule has 90 heavy (non-hydrogen) atoms. The average molecular weight is 1360 g/mol. The molecule has 8 aromatic rings. The molecule has 0 radical (unpaired) electrons. The van der Waals surface area contributed by atoms with Gasteiger partial charge in [-0.15, -0.1) is 0 Å². The van der Waals surface area contributed by atoms with Crippen LogP contribution in [0.1, 0.15) is 22.3 Å². The van der Waals surface area contributed by atoms with E-state index in [1.807, 2.05) is 0 Å². The molecule has 0 aliphatic rings. The van der Waals surface area contributed by atoms with Crippen molar-refractivity contribution >= 4 is 43.9 Å². The van der Waals surface area contributed by atoms with Crippen LogP contribution in [-0.2, 0) is 23.7 Å². The van der Waals surface area contributed by atoms with Gasteiger partial charge in [0.05, 0.1) is 33.1 Å². The van der Waals surface area contributed by atoms with Gasteiger partial charge in [-0.3, -0.25) is 9.97 Å². The summed E-state index contributed by atoms with van der Waals surface area (Å²) in [5, 5.41) is -1.26. The SMILES string of the molecule is FC(F)(F)C(F)(F)C(F)(F)C(F)(F)c1ccc(-n2c3ccc(-c4ccc5c(c4)c4ncc(C(F)(F)C(F)(F)C(F)(F)C(F)(F)F)cc4n5-c4ccc(C(F)(F)C(F)(F)C(F)(F)C(F)(F)F)cc4)cc3c3ncc(C(F)(F)C(F)(F)C(F)(F)C(F)(F)F)cc32)cc1. The lowest BCUT2D eigenvalue weighted by Crippen LogP contribution is -2.59. The third-order valence-electron chi connectivity index (χ3n) is 13.8. The van der Waals surface area contributed by atoms with Crippen molar-refractivity contribution in [1.82, 2.24) is 19.1 Å². The van der Waals surface area contributed by atoms with Gasteiger partial charge in [0.25, 0.3) is 0 Å². The minimum Gasteiger partial charge on any atom is -0.308 e. The van der Waals surface area contributed by atoms with Gasteiger partial charge in [-0.2, -0.15) is 158 Å². The molecule has 4 nitrogen and oxygen atoms in total. The highest BCUT2D eigenvalue weighted by Gasteiger charge is 2.85. The van der Waals surface area contributed by atoms with E-state index in [9.17, 15) is 140 Å². The minimum atomic E-state index is -7.58. The summed E-state index contributed by atoms with van der Waals surface area (Å²) in [6.07, 6.45) is -30.4. The quantitative estimate of drug-likeness (QED) is 0.0959. The number of hydrogen-bond acceptors (Lipinski definition) is 2. The number of rotatable bonds is 15. The Labute approximate surface area is 470 Å². The van der Waals surface area contributed by atoms with Crippen molar-refractivity contribution in [2.24, 2.45) is 0 Å². The van der Waals surface area contributed by atoms with Crippen molar-refractivity contribution in [3.05, 3.63) is 132 Å². The molecule has 40 heteroatoms. The summed E-state index contributed by atoms with van der Waals surface area (Å²) in [5.74, 6) is -86.0. The maximum Gasteiger partial charge on any atom is 0.460 e. The van der Waals surface area contributed by atoms with Gasteiger partial charge >= 0.3 is 95.8 Å². The van der Waals surface area contributed by atoms with Gasteiger partial charge in [-0.1, -0.05) is 36.4 Å². The summed E-state index contributed by atoms with van der Waals surface area (Å²) < 4.78 is 506. The van der Waals surface area contributed by atoms with Crippen LogP contribution >= 0.6 is 0 Å². The van der Waals surface area contributed by atoms with Crippen LogP contribution in [0.5, 0.6) is 0 Å². The third-order valence-corrected chi connectivity index (χ3v) is 13.8. The first-order valence-corrected chi connectivity index (χ1v) is 23.2. The molecule has 0 unspecified atom stereocenters. The monoisotopic (exact) mass is 1360 g/mol. The van der Waals surface area contributed by atoms with Crippen molar-refractivity contribution in [2.45, 2.75) is 95.8 Å². The molecule has 0 amide bonds. The molecule has 0 spiro atoms. The van der Waals surface area contributed by atoms with Crippen molar-refractivity contribution in [2.75, 3.05) is 0 Å². The highest BCUT2D eigenvalue weighted by Crippen LogP contribution is 2.61. The first-order chi connectivity index (χ1) is 40.3. The van der Waals surface area contributed by atoms with Crippen LogP contribution in [0.3, 0.4) is 0 Å². The number of fused-ring (bicyclic) bond motifs is 6. The number of pyridine rings is 2. The summed E-state index contributed by atoms with van der Waals surface area (Å²) in [5.41, 5.74) is -18.1. The summed E-state index contributed by atoms with van der Waals surface area (Å²) >= 11 is 0. The number of nitrogens with zero attached hydrogens (tertiary/aromatic N) is 4. The Morgan fingerprint density at radius 1 is 0.233 bits per heavy atom. The fraction of sp³-hybridized carbons (Fsp3) is 0.320. The van der Waals surface area contributed by atoms with Gasteiger partial charge in [0, 0.05) is 56.8 Å². The van der Waals surface area contributed by atoms with E-state index in [4.69, 9.17) is 0 Å². The van der Waals surface area contributed by atoms with Crippen LogP contribution in [-0.4, -0.2) is 91.2 Å². The average Bonchev–Trinajstić information content (AvgIpc) is 1.18. The highest BCUT2D eigenvalue weighted by atomic mass is 19.5. The van der Waals surface area contributed by atoms with Gasteiger partial charge in [-0.05, 0) is 71.8 Å². The fourth-order valence-corrected chi connectivity index (χ4v) is 8.89. The molecular formula is C50H18F36N4. The molecule has 0 N–H and O–H groups in total. The standard InChI is InChI=1S/C50H18F36N4/c51-35(52,39(59,60)43(67,68)47(75,76)77)21-3-7-25(8-4-21)89-29-11-1-19(13-27(29)33-31(89)15-23(17-87-33)37(55,56)41(63,64)45(71,72)49(81,82)83)20-2-12-30-28(14-20)34-32(16-24(18-88-34)38(57,58)42(65,66)46(73,74)50(84,85)86)90(30)26-9-5-22(6-10-26)36(53,54)40(61,62)44(69,70)48(78,79)80/h1-18H. The van der Waals surface area contributed by atoms with Gasteiger partial charge in [0.1, 0.15) is 0 Å². The highest BCUT2D eigenvalue weighted by molar-refractivity contribution is 6.11. The van der Waals surface area contributed by atoms with Crippen LogP contribution in [0.2, 0.25) is 0 Å². The molecule has 4 aromatic heterocycles. The maximum atomic E-state index is 15.5. The summed E-state index contributed by atoms with van der Waals surface area (Å²) in [6.45, 7) is 0. The van der Waals surface area contributed by atoms with Gasteiger partial charge in [-0.25, -0.2) is 0 Å². The molecule has 0 saturated heterocycles. The van der Waals surface area contributed by atoms with E-state index >= 15 is 17.6 Å². The van der Waals surface area contributed by atoms with Gasteiger partial charge < -0.3 is 9.13 Å². The molecular weight excluding hydrogens is 1340 g/mol. The molecule has 4 heterocycles. The summed E-state index contributed by atoms with van der Waals surface area (Å²) in [6, 6.07) is 3.33. The van der Waals surface area contributed by atoms with Gasteiger partial charge in [0.15, 0.2) is 0 Å². The second kappa shape index (κ2) is 19.9. The second-order valence-electron chi connectivity index (χ2n) is 19.3. The number of alkyl halides is 36. The molecule has 0 aliphatic heterocycles. The van der Waals surface area contributed by atoms with Crippen LogP contribution in [0.15, 0.2) is 109 Å². The van der Waals surface area contributed by atoms with Crippen LogP contribution < -0.4 is 0 Å². The molecule has 0 atom stereocenters. The first kappa shape index (κ1) is 68.2. The van der Waals surface area contributed by atoms with E-state index in [-0.39, 0.29) is 71.8 Å². The predicted molar refractivity (Wildman–Crippen MR) is 236 cm³/mol. The zero-order valence-electron chi connectivity index (χ0n) is 41.8. The summed E-state index contributed by atoms with van der Waals surface area (Å²) in [4.78, 5) is 6.86. The smallest absolute Gasteiger partial charge is 0.308 e. The van der Waals surface area contributed by atoms with Crippen molar-refractivity contribution < 1.29 is 158 Å². The minimum absolute atomic E-state index is 0.108. The van der Waals surface area contributed by atoms with Gasteiger partial charge in [0.2, 0.25) is 0 Å². The Morgan fingerprint density at radius 3 is 0.700 bits per heavy atom. The molecule has 0 bridgehead atoms. The van der Waals surface area contributed by atoms with Crippen molar-refractivity contribution in [3.8, 4) is 22.5 Å². The number of halogens is 36. The molecule has 0 fully saturated rings. The topological polar surface area (TPSA) is 35.6 Å². The Bertz CT molecular complexity index is 3820. The second-order valence-corrected chi connectivity index (χ2v) is 19.3. The predicted octanol–water partition coefficient (Wildman–Crippen LogP) is 20.0.